The molecule has 1 aromatic carbocycles. The Balaban J connectivity index is 2.95. The molecule has 1 rings (SSSR count). The van der Waals surface area contributed by atoms with Crippen molar-refractivity contribution in [1.82, 2.24) is 0 Å². The molecule has 0 atom stereocenters. The molecule has 0 aliphatic carbocycles. The Labute approximate surface area is 115 Å². The first-order chi connectivity index (χ1) is 9.15. The minimum Gasteiger partial charge on any atom is -0.404 e. The third kappa shape index (κ3) is 5.19. The van der Waals surface area contributed by atoms with Crippen molar-refractivity contribution in [3.05, 3.63) is 42.0 Å². The summed E-state index contributed by atoms with van der Waals surface area (Å²) >= 11 is 0. The first kappa shape index (κ1) is 16.0. The van der Waals surface area contributed by atoms with Crippen LogP contribution in [0.5, 0.6) is 0 Å². The molecule has 0 aliphatic heterocycles. The van der Waals surface area contributed by atoms with Crippen molar-refractivity contribution < 1.29 is 18.1 Å². The molecule has 0 heterocycles. The van der Waals surface area contributed by atoms with Gasteiger partial charge in [0.15, 0.2) is 0 Å². The van der Waals surface area contributed by atoms with E-state index in [-0.39, 0.29) is 13.2 Å². The monoisotopic (exact) mass is 284 g/mol. The van der Waals surface area contributed by atoms with E-state index < -0.39 is 7.82 Å². The number of phosphoric ester groups is 1. The highest BCUT2D eigenvalue weighted by atomic mass is 31.2. The van der Waals surface area contributed by atoms with E-state index in [0.29, 0.717) is 5.76 Å². The third-order valence-corrected chi connectivity index (χ3v) is 3.80. The molecule has 4 nitrogen and oxygen atoms in total. The second-order valence-corrected chi connectivity index (χ2v) is 5.31. The van der Waals surface area contributed by atoms with Crippen LogP contribution in [0.1, 0.15) is 32.8 Å². The van der Waals surface area contributed by atoms with E-state index >= 15 is 0 Å². The molecular formula is C14H21O4P. The fourth-order valence-electron chi connectivity index (χ4n) is 1.52. The van der Waals surface area contributed by atoms with Gasteiger partial charge in [-0.05, 0) is 26.3 Å². The van der Waals surface area contributed by atoms with Gasteiger partial charge < -0.3 is 4.52 Å². The molecule has 0 radical (unpaired) electrons. The van der Waals surface area contributed by atoms with Gasteiger partial charge in [0, 0.05) is 5.56 Å². The van der Waals surface area contributed by atoms with Gasteiger partial charge in [-0.25, -0.2) is 4.57 Å². The molecule has 0 saturated heterocycles. The molecule has 0 unspecified atom stereocenters. The maximum atomic E-state index is 12.4. The quantitative estimate of drug-likeness (QED) is 0.515. The van der Waals surface area contributed by atoms with E-state index in [2.05, 4.69) is 0 Å². The molecule has 0 N–H and O–H groups in total. The zero-order valence-corrected chi connectivity index (χ0v) is 12.6. The summed E-state index contributed by atoms with van der Waals surface area (Å²) in [6.45, 7) is 6.02. The zero-order chi connectivity index (χ0) is 14.1. The Morgan fingerprint density at radius 3 is 2.16 bits per heavy atom. The Hall–Kier alpha value is -1.09. The summed E-state index contributed by atoms with van der Waals surface area (Å²) in [6.07, 6.45) is 2.63. The van der Waals surface area contributed by atoms with Gasteiger partial charge in [0.05, 0.1) is 13.2 Å². The van der Waals surface area contributed by atoms with E-state index in [0.717, 1.165) is 12.0 Å². The van der Waals surface area contributed by atoms with Gasteiger partial charge in [0.1, 0.15) is 5.76 Å². The fourth-order valence-corrected chi connectivity index (χ4v) is 2.76. The largest absolute Gasteiger partial charge is 0.530 e. The van der Waals surface area contributed by atoms with E-state index in [1.165, 1.54) is 0 Å². The van der Waals surface area contributed by atoms with Crippen molar-refractivity contribution in [3.63, 3.8) is 0 Å². The van der Waals surface area contributed by atoms with Gasteiger partial charge >= 0.3 is 7.82 Å². The van der Waals surface area contributed by atoms with Crippen LogP contribution in [0, 0.1) is 0 Å². The van der Waals surface area contributed by atoms with Gasteiger partial charge in [0.25, 0.3) is 0 Å². The van der Waals surface area contributed by atoms with Crippen molar-refractivity contribution in [3.8, 4) is 0 Å². The van der Waals surface area contributed by atoms with E-state index in [1.54, 1.807) is 13.8 Å². The normalized spacial score (nSPS) is 12.5. The lowest BCUT2D eigenvalue weighted by molar-refractivity contribution is 0.159. The van der Waals surface area contributed by atoms with Crippen LogP contribution >= 0.6 is 7.82 Å². The predicted molar refractivity (Wildman–Crippen MR) is 76.7 cm³/mol. The molecule has 0 fully saturated rings. The molecule has 0 saturated carbocycles. The summed E-state index contributed by atoms with van der Waals surface area (Å²) in [7, 11) is -3.54. The molecule has 0 aromatic heterocycles. The van der Waals surface area contributed by atoms with E-state index in [1.807, 2.05) is 43.3 Å². The van der Waals surface area contributed by atoms with E-state index in [4.69, 9.17) is 13.6 Å². The fraction of sp³-hybridized carbons (Fsp3) is 0.429. The van der Waals surface area contributed by atoms with Crippen molar-refractivity contribution in [2.24, 2.45) is 0 Å². The maximum Gasteiger partial charge on any atom is 0.530 e. The lowest BCUT2D eigenvalue weighted by Gasteiger charge is -2.19. The highest BCUT2D eigenvalue weighted by molar-refractivity contribution is 7.48. The van der Waals surface area contributed by atoms with Crippen molar-refractivity contribution in [1.29, 1.82) is 0 Å². The van der Waals surface area contributed by atoms with Crippen molar-refractivity contribution in [2.45, 2.75) is 27.2 Å². The predicted octanol–water partition coefficient (Wildman–Crippen LogP) is 4.64. The smallest absolute Gasteiger partial charge is 0.404 e. The average Bonchev–Trinajstić information content (AvgIpc) is 2.40. The van der Waals surface area contributed by atoms with Crippen LogP contribution in [0.15, 0.2) is 36.4 Å². The molecule has 0 aliphatic rings. The lowest BCUT2D eigenvalue weighted by atomic mass is 10.2. The maximum absolute atomic E-state index is 12.4. The van der Waals surface area contributed by atoms with Crippen LogP contribution in [0.3, 0.4) is 0 Å². The first-order valence-electron chi connectivity index (χ1n) is 6.49. The van der Waals surface area contributed by atoms with Gasteiger partial charge in [-0.3, -0.25) is 9.05 Å². The zero-order valence-electron chi connectivity index (χ0n) is 11.7. The summed E-state index contributed by atoms with van der Waals surface area (Å²) in [6, 6.07) is 9.49. The molecule has 19 heavy (non-hydrogen) atoms. The van der Waals surface area contributed by atoms with Crippen molar-refractivity contribution >= 4 is 13.6 Å². The summed E-state index contributed by atoms with van der Waals surface area (Å²) in [5, 5.41) is 0. The molecule has 0 bridgehead atoms. The van der Waals surface area contributed by atoms with Crippen LogP contribution in [-0.4, -0.2) is 13.2 Å². The summed E-state index contributed by atoms with van der Waals surface area (Å²) in [5.74, 6) is 0.522. The summed E-state index contributed by atoms with van der Waals surface area (Å²) in [5.41, 5.74) is 0.851. The molecular weight excluding hydrogens is 263 g/mol. The second-order valence-electron chi connectivity index (χ2n) is 3.72. The molecule has 5 heteroatoms. The Kier molecular flexibility index (Phi) is 6.85. The first-order valence-corrected chi connectivity index (χ1v) is 7.95. The number of benzene rings is 1. The number of hydrogen-bond donors (Lipinski definition) is 0. The minimum absolute atomic E-state index is 0.269. The van der Waals surface area contributed by atoms with Crippen LogP contribution in [0.2, 0.25) is 0 Å². The molecule has 0 amide bonds. The van der Waals surface area contributed by atoms with Gasteiger partial charge in [-0.2, -0.15) is 0 Å². The van der Waals surface area contributed by atoms with Crippen LogP contribution in [-0.2, 0) is 18.1 Å². The van der Waals surface area contributed by atoms with Crippen molar-refractivity contribution in [2.75, 3.05) is 13.2 Å². The van der Waals surface area contributed by atoms with Crippen LogP contribution in [0.25, 0.3) is 5.76 Å². The Morgan fingerprint density at radius 2 is 1.68 bits per heavy atom. The number of rotatable bonds is 8. The SMILES string of the molecule is CCC=C(OP(=O)(OCC)OCC)c1ccccc1. The van der Waals surface area contributed by atoms with Gasteiger partial charge in [0.2, 0.25) is 0 Å². The lowest BCUT2D eigenvalue weighted by Crippen LogP contribution is -2.00. The Bertz CT molecular complexity index is 432. The van der Waals surface area contributed by atoms with Gasteiger partial charge in [-0.15, -0.1) is 0 Å². The Morgan fingerprint density at radius 1 is 1.11 bits per heavy atom. The van der Waals surface area contributed by atoms with E-state index in [9.17, 15) is 4.57 Å². The summed E-state index contributed by atoms with van der Waals surface area (Å²) in [4.78, 5) is 0. The standard InChI is InChI=1S/C14H21O4P/c1-4-10-14(13-11-8-7-9-12-13)18-19(15,16-5-2)17-6-3/h7-12H,4-6H2,1-3H3. The highest BCUT2D eigenvalue weighted by Crippen LogP contribution is 2.52. The summed E-state index contributed by atoms with van der Waals surface area (Å²) < 4.78 is 28.2. The molecule has 106 valence electrons. The molecule has 0 spiro atoms. The number of phosphoric acid groups is 1. The number of hydrogen-bond acceptors (Lipinski definition) is 4. The second kappa shape index (κ2) is 8.16. The van der Waals surface area contributed by atoms with Crippen LogP contribution in [0.4, 0.5) is 0 Å². The van der Waals surface area contributed by atoms with Crippen LogP contribution < -0.4 is 0 Å². The molecule has 1 aromatic rings. The number of allylic oxidation sites excluding steroid dienone is 1. The van der Waals surface area contributed by atoms with Gasteiger partial charge in [-0.1, -0.05) is 37.3 Å². The third-order valence-electron chi connectivity index (χ3n) is 2.23. The topological polar surface area (TPSA) is 44.8 Å². The highest BCUT2D eigenvalue weighted by Gasteiger charge is 2.28. The average molecular weight is 284 g/mol. The minimum atomic E-state index is -3.54.